The molecule has 112 valence electrons. The minimum absolute atomic E-state index is 0.0788. The number of nitrogens with one attached hydrogen (secondary N) is 1. The molecule has 4 N–H and O–H groups in total. The number of pyridine rings is 1. The zero-order chi connectivity index (χ0) is 15.2. The standard InChI is InChI=1S/C11H15F3N4O2/c12-11(13,14)7-18(3-4-19)6-9-2-1-8(5-16-9)10(20)17-15/h1-2,5,19H,3-4,6-7,15H2,(H,17,20). The zero-order valence-electron chi connectivity index (χ0n) is 10.5. The van der Waals surface area contributed by atoms with Crippen LogP contribution in [0.2, 0.25) is 0 Å². The number of carbonyl (C=O) groups is 1. The van der Waals surface area contributed by atoms with Gasteiger partial charge in [-0.2, -0.15) is 13.2 Å². The molecule has 9 heteroatoms. The lowest BCUT2D eigenvalue weighted by Gasteiger charge is -2.22. The molecule has 20 heavy (non-hydrogen) atoms. The molecule has 0 saturated heterocycles. The van der Waals surface area contributed by atoms with Gasteiger partial charge in [0, 0.05) is 19.3 Å². The van der Waals surface area contributed by atoms with Gasteiger partial charge in [-0.25, -0.2) is 5.84 Å². The van der Waals surface area contributed by atoms with Crippen LogP contribution in [0.3, 0.4) is 0 Å². The van der Waals surface area contributed by atoms with Gasteiger partial charge in [-0.15, -0.1) is 0 Å². The number of rotatable bonds is 6. The summed E-state index contributed by atoms with van der Waals surface area (Å²) >= 11 is 0. The highest BCUT2D eigenvalue weighted by Gasteiger charge is 2.30. The van der Waals surface area contributed by atoms with Gasteiger partial charge in [0.2, 0.25) is 0 Å². The van der Waals surface area contributed by atoms with Gasteiger partial charge in [-0.1, -0.05) is 0 Å². The van der Waals surface area contributed by atoms with Gasteiger partial charge in [0.1, 0.15) is 0 Å². The van der Waals surface area contributed by atoms with E-state index in [0.717, 1.165) is 4.90 Å². The van der Waals surface area contributed by atoms with Gasteiger partial charge in [0.05, 0.1) is 24.4 Å². The van der Waals surface area contributed by atoms with E-state index in [9.17, 15) is 18.0 Å². The molecule has 0 aliphatic carbocycles. The number of alkyl halides is 3. The molecule has 1 amide bonds. The molecule has 0 aliphatic rings. The number of nitrogens with zero attached hydrogens (tertiary/aromatic N) is 2. The van der Waals surface area contributed by atoms with E-state index >= 15 is 0 Å². The average Bonchev–Trinajstić information content (AvgIpc) is 2.37. The second-order valence-corrected chi connectivity index (χ2v) is 4.06. The summed E-state index contributed by atoms with van der Waals surface area (Å²) in [7, 11) is 0. The molecule has 1 heterocycles. The summed E-state index contributed by atoms with van der Waals surface area (Å²) in [4.78, 5) is 16.1. The number of aliphatic hydroxyl groups excluding tert-OH is 1. The number of aromatic nitrogens is 1. The van der Waals surface area contributed by atoms with Crippen molar-refractivity contribution in [2.45, 2.75) is 12.7 Å². The fraction of sp³-hybridized carbons (Fsp3) is 0.455. The number of hydrogen-bond donors (Lipinski definition) is 3. The zero-order valence-corrected chi connectivity index (χ0v) is 10.5. The van der Waals surface area contributed by atoms with Gasteiger partial charge in [0.15, 0.2) is 0 Å². The molecule has 6 nitrogen and oxygen atoms in total. The number of hydrogen-bond acceptors (Lipinski definition) is 5. The number of carbonyl (C=O) groups excluding carboxylic acids is 1. The average molecular weight is 292 g/mol. The largest absolute Gasteiger partial charge is 0.401 e. The summed E-state index contributed by atoms with van der Waals surface area (Å²) in [6.45, 7) is -1.72. The molecule has 1 aromatic rings. The lowest BCUT2D eigenvalue weighted by atomic mass is 10.2. The second kappa shape index (κ2) is 7.17. The normalized spacial score (nSPS) is 11.7. The maximum atomic E-state index is 12.3. The van der Waals surface area contributed by atoms with Crippen molar-refractivity contribution in [1.29, 1.82) is 0 Å². The highest BCUT2D eigenvalue weighted by molar-refractivity contribution is 5.93. The predicted octanol–water partition coefficient (Wildman–Crippen LogP) is 0.0417. The van der Waals surface area contributed by atoms with Crippen molar-refractivity contribution >= 4 is 5.91 Å². The van der Waals surface area contributed by atoms with Crippen LogP contribution in [0.5, 0.6) is 0 Å². The Balaban J connectivity index is 2.71. The van der Waals surface area contributed by atoms with E-state index in [4.69, 9.17) is 10.9 Å². The number of nitrogens with two attached hydrogens (primary N) is 1. The number of aliphatic hydroxyl groups is 1. The molecular weight excluding hydrogens is 277 g/mol. The van der Waals surface area contributed by atoms with Crippen LogP contribution in [-0.4, -0.2) is 46.8 Å². The molecule has 0 saturated carbocycles. The third-order valence-electron chi connectivity index (χ3n) is 2.42. The summed E-state index contributed by atoms with van der Waals surface area (Å²) in [6.07, 6.45) is -3.13. The summed E-state index contributed by atoms with van der Waals surface area (Å²) < 4.78 is 37.0. The van der Waals surface area contributed by atoms with Crippen LogP contribution >= 0.6 is 0 Å². The van der Waals surface area contributed by atoms with Gasteiger partial charge in [0.25, 0.3) is 5.91 Å². The van der Waals surface area contributed by atoms with Crippen LogP contribution in [0.4, 0.5) is 13.2 Å². The van der Waals surface area contributed by atoms with Gasteiger partial charge < -0.3 is 5.11 Å². The van der Waals surface area contributed by atoms with E-state index in [1.807, 2.05) is 5.43 Å². The molecule has 0 aromatic carbocycles. The quantitative estimate of drug-likeness (QED) is 0.391. The molecule has 0 spiro atoms. The summed E-state index contributed by atoms with van der Waals surface area (Å²) in [5, 5.41) is 8.76. The minimum Gasteiger partial charge on any atom is -0.395 e. The first-order valence-corrected chi connectivity index (χ1v) is 5.71. The van der Waals surface area contributed by atoms with Crippen molar-refractivity contribution in [3.05, 3.63) is 29.6 Å². The topological polar surface area (TPSA) is 91.5 Å². The Morgan fingerprint density at radius 3 is 2.60 bits per heavy atom. The Bertz CT molecular complexity index is 436. The van der Waals surface area contributed by atoms with Gasteiger partial charge >= 0.3 is 6.18 Å². The van der Waals surface area contributed by atoms with Crippen LogP contribution in [0.1, 0.15) is 16.1 Å². The SMILES string of the molecule is NNC(=O)c1ccc(CN(CCO)CC(F)(F)F)nc1. The van der Waals surface area contributed by atoms with Crippen molar-refractivity contribution in [2.24, 2.45) is 5.84 Å². The highest BCUT2D eigenvalue weighted by Crippen LogP contribution is 2.17. The monoisotopic (exact) mass is 292 g/mol. The second-order valence-electron chi connectivity index (χ2n) is 4.06. The Kier molecular flexibility index (Phi) is 5.86. The Morgan fingerprint density at radius 1 is 1.45 bits per heavy atom. The number of amides is 1. The minimum atomic E-state index is -4.35. The van der Waals surface area contributed by atoms with Crippen LogP contribution in [-0.2, 0) is 6.54 Å². The maximum absolute atomic E-state index is 12.3. The van der Waals surface area contributed by atoms with E-state index in [-0.39, 0.29) is 25.3 Å². The third kappa shape index (κ3) is 5.51. The van der Waals surface area contributed by atoms with Crippen molar-refractivity contribution in [2.75, 3.05) is 19.7 Å². The van der Waals surface area contributed by atoms with Crippen molar-refractivity contribution in [3.63, 3.8) is 0 Å². The smallest absolute Gasteiger partial charge is 0.395 e. The third-order valence-corrected chi connectivity index (χ3v) is 2.42. The molecule has 1 aromatic heterocycles. The summed E-state index contributed by atoms with van der Waals surface area (Å²) in [5.41, 5.74) is 2.49. The van der Waals surface area contributed by atoms with E-state index < -0.39 is 18.6 Å². The first kappa shape index (κ1) is 16.3. The van der Waals surface area contributed by atoms with Crippen LogP contribution in [0, 0.1) is 0 Å². The first-order chi connectivity index (χ1) is 9.35. The number of halogens is 3. The molecule has 0 unspecified atom stereocenters. The number of hydrazine groups is 1. The first-order valence-electron chi connectivity index (χ1n) is 5.71. The van der Waals surface area contributed by atoms with E-state index in [0.29, 0.717) is 5.69 Å². The van der Waals surface area contributed by atoms with E-state index in [2.05, 4.69) is 4.98 Å². The molecule has 0 radical (unpaired) electrons. The summed E-state index contributed by atoms with van der Waals surface area (Å²) in [5.74, 6) is 4.41. The highest BCUT2D eigenvalue weighted by atomic mass is 19.4. The van der Waals surface area contributed by atoms with Crippen LogP contribution in [0.15, 0.2) is 18.3 Å². The van der Waals surface area contributed by atoms with Crippen LogP contribution in [0.25, 0.3) is 0 Å². The lowest BCUT2D eigenvalue weighted by Crippen LogP contribution is -2.36. The Morgan fingerprint density at radius 2 is 2.15 bits per heavy atom. The molecule has 0 atom stereocenters. The predicted molar refractivity (Wildman–Crippen MR) is 64.3 cm³/mol. The lowest BCUT2D eigenvalue weighted by molar-refractivity contribution is -0.148. The van der Waals surface area contributed by atoms with E-state index in [1.165, 1.54) is 18.3 Å². The fourth-order valence-corrected chi connectivity index (χ4v) is 1.57. The molecule has 0 bridgehead atoms. The number of nitrogen functional groups attached to an aromatic ring is 1. The molecule has 0 aliphatic heterocycles. The molecule has 0 fully saturated rings. The maximum Gasteiger partial charge on any atom is 0.401 e. The van der Waals surface area contributed by atoms with Crippen molar-refractivity contribution in [1.82, 2.24) is 15.3 Å². The fourth-order valence-electron chi connectivity index (χ4n) is 1.57. The van der Waals surface area contributed by atoms with Gasteiger partial charge in [-0.3, -0.25) is 20.1 Å². The Labute approximate surface area is 113 Å². The summed E-state index contributed by atoms with van der Waals surface area (Å²) in [6, 6.07) is 2.85. The van der Waals surface area contributed by atoms with Crippen molar-refractivity contribution < 1.29 is 23.1 Å². The molecule has 1 rings (SSSR count). The molecular formula is C11H15F3N4O2. The van der Waals surface area contributed by atoms with Crippen LogP contribution < -0.4 is 11.3 Å². The Hall–Kier alpha value is -1.71. The van der Waals surface area contributed by atoms with Crippen molar-refractivity contribution in [3.8, 4) is 0 Å². The van der Waals surface area contributed by atoms with E-state index in [1.54, 1.807) is 0 Å². The van der Waals surface area contributed by atoms with Gasteiger partial charge in [-0.05, 0) is 12.1 Å².